The van der Waals surface area contributed by atoms with E-state index in [9.17, 15) is 0 Å². The van der Waals surface area contributed by atoms with Crippen LogP contribution in [0.4, 0.5) is 0 Å². The maximum absolute atomic E-state index is 6.15. The van der Waals surface area contributed by atoms with Crippen LogP contribution in [0, 0.1) is 0 Å². The van der Waals surface area contributed by atoms with Gasteiger partial charge in [0.15, 0.2) is 17.5 Å². The van der Waals surface area contributed by atoms with Crippen LogP contribution in [0.3, 0.4) is 0 Å². The van der Waals surface area contributed by atoms with Gasteiger partial charge in [0.25, 0.3) is 0 Å². The van der Waals surface area contributed by atoms with E-state index in [1.54, 1.807) is 14.2 Å². The molecule has 7 nitrogen and oxygen atoms in total. The summed E-state index contributed by atoms with van der Waals surface area (Å²) in [5.74, 6) is 1.89. The number of halogens is 1. The average molecular weight is 540 g/mol. The zero-order valence-corrected chi connectivity index (χ0v) is 20.6. The lowest BCUT2D eigenvalue weighted by Crippen LogP contribution is -2.41. The Kier molecular flexibility index (Phi) is 10.9. The standard InChI is InChI=1S/C23H32N4O3.HI/c1-28-21-9-8-19(16-22(21)29-2)20(27-12-14-30-15-13-27)17-26-23(24)25-11-10-18-6-4-3-5-7-18;/h3-9,16,20H,10-15,17H2,1-2H3,(H3,24,25,26);1H. The second-order valence-electron chi connectivity index (χ2n) is 7.17. The normalized spacial score (nSPS) is 15.6. The van der Waals surface area contributed by atoms with Crippen LogP contribution >= 0.6 is 24.0 Å². The van der Waals surface area contributed by atoms with Crippen LogP contribution in [0.25, 0.3) is 0 Å². The van der Waals surface area contributed by atoms with Crippen molar-refractivity contribution in [3.63, 3.8) is 0 Å². The molecule has 8 heteroatoms. The fraction of sp³-hybridized carbons (Fsp3) is 0.435. The number of methoxy groups -OCH3 is 2. The molecule has 1 unspecified atom stereocenters. The molecule has 0 aliphatic carbocycles. The second-order valence-corrected chi connectivity index (χ2v) is 7.17. The van der Waals surface area contributed by atoms with Crippen LogP contribution < -0.4 is 20.5 Å². The van der Waals surface area contributed by atoms with Crippen LogP contribution in [0.1, 0.15) is 17.2 Å². The first-order valence-electron chi connectivity index (χ1n) is 10.3. The predicted octanol–water partition coefficient (Wildman–Crippen LogP) is 2.84. The van der Waals surface area contributed by atoms with Crippen molar-refractivity contribution in [2.24, 2.45) is 10.7 Å². The van der Waals surface area contributed by atoms with Crippen molar-refractivity contribution in [3.8, 4) is 11.5 Å². The summed E-state index contributed by atoms with van der Waals surface area (Å²) >= 11 is 0. The molecule has 1 fully saturated rings. The fourth-order valence-electron chi connectivity index (χ4n) is 3.60. The van der Waals surface area contributed by atoms with Crippen molar-refractivity contribution in [2.75, 3.05) is 53.6 Å². The Labute approximate surface area is 202 Å². The van der Waals surface area contributed by atoms with Crippen molar-refractivity contribution >= 4 is 29.9 Å². The van der Waals surface area contributed by atoms with Gasteiger partial charge in [-0.25, -0.2) is 0 Å². The number of nitrogens with two attached hydrogens (primary N) is 1. The maximum Gasteiger partial charge on any atom is 0.188 e. The SMILES string of the molecule is COc1ccc(C(CN=C(N)NCCc2ccccc2)N2CCOCC2)cc1OC.I. The molecule has 2 aromatic carbocycles. The molecule has 170 valence electrons. The number of aliphatic imine (C=N–C) groups is 1. The van der Waals surface area contributed by atoms with Crippen LogP contribution in [0.2, 0.25) is 0 Å². The highest BCUT2D eigenvalue weighted by molar-refractivity contribution is 14.0. The summed E-state index contributed by atoms with van der Waals surface area (Å²) in [4.78, 5) is 7.01. The molecule has 0 spiro atoms. The lowest BCUT2D eigenvalue weighted by Gasteiger charge is -2.34. The van der Waals surface area contributed by atoms with Gasteiger partial charge >= 0.3 is 0 Å². The number of nitrogens with zero attached hydrogens (tertiary/aromatic N) is 2. The maximum atomic E-state index is 6.15. The van der Waals surface area contributed by atoms with E-state index in [0.29, 0.717) is 24.0 Å². The molecule has 0 bridgehead atoms. The van der Waals surface area contributed by atoms with E-state index in [1.165, 1.54) is 5.56 Å². The number of hydrogen-bond donors (Lipinski definition) is 2. The highest BCUT2D eigenvalue weighted by Crippen LogP contribution is 2.32. The molecule has 3 rings (SSSR count). The molecule has 1 aliphatic rings. The van der Waals surface area contributed by atoms with Crippen LogP contribution in [-0.4, -0.2) is 64.5 Å². The minimum absolute atomic E-state index is 0. The van der Waals surface area contributed by atoms with E-state index in [2.05, 4.69) is 33.4 Å². The number of nitrogens with one attached hydrogen (secondary N) is 1. The molecule has 1 heterocycles. The Morgan fingerprint density at radius 1 is 1.10 bits per heavy atom. The van der Waals surface area contributed by atoms with Gasteiger partial charge in [-0.15, -0.1) is 24.0 Å². The third kappa shape index (κ3) is 7.55. The molecule has 0 amide bonds. The van der Waals surface area contributed by atoms with Crippen LogP contribution in [-0.2, 0) is 11.2 Å². The highest BCUT2D eigenvalue weighted by Gasteiger charge is 2.23. The molecule has 0 saturated carbocycles. The van der Waals surface area contributed by atoms with Gasteiger partial charge < -0.3 is 25.3 Å². The highest BCUT2D eigenvalue weighted by atomic mass is 127. The number of guanidine groups is 1. The quantitative estimate of drug-likeness (QED) is 0.289. The van der Waals surface area contributed by atoms with Gasteiger partial charge in [0.05, 0.1) is 40.0 Å². The summed E-state index contributed by atoms with van der Waals surface area (Å²) in [7, 11) is 3.29. The van der Waals surface area contributed by atoms with Gasteiger partial charge in [0.2, 0.25) is 0 Å². The minimum Gasteiger partial charge on any atom is -0.493 e. The number of hydrogen-bond acceptors (Lipinski definition) is 5. The summed E-state index contributed by atoms with van der Waals surface area (Å²) in [5, 5.41) is 3.22. The third-order valence-electron chi connectivity index (χ3n) is 5.28. The van der Waals surface area contributed by atoms with E-state index in [0.717, 1.165) is 44.8 Å². The van der Waals surface area contributed by atoms with Crippen LogP contribution in [0.15, 0.2) is 53.5 Å². The van der Waals surface area contributed by atoms with E-state index in [1.807, 2.05) is 30.3 Å². The zero-order valence-electron chi connectivity index (χ0n) is 18.3. The molecule has 2 aromatic rings. The van der Waals surface area contributed by atoms with E-state index >= 15 is 0 Å². The van der Waals surface area contributed by atoms with E-state index in [-0.39, 0.29) is 30.0 Å². The first-order valence-corrected chi connectivity index (χ1v) is 10.3. The molecule has 1 atom stereocenters. The molecular formula is C23H33IN4O3. The zero-order chi connectivity index (χ0) is 21.2. The molecular weight excluding hydrogens is 507 g/mol. The average Bonchev–Trinajstić information content (AvgIpc) is 2.80. The van der Waals surface area contributed by atoms with Crippen molar-refractivity contribution in [3.05, 3.63) is 59.7 Å². The minimum atomic E-state index is 0. The monoisotopic (exact) mass is 540 g/mol. The van der Waals surface area contributed by atoms with Crippen molar-refractivity contribution < 1.29 is 14.2 Å². The topological polar surface area (TPSA) is 81.3 Å². The molecule has 3 N–H and O–H groups in total. The van der Waals surface area contributed by atoms with E-state index < -0.39 is 0 Å². The largest absolute Gasteiger partial charge is 0.493 e. The van der Waals surface area contributed by atoms with Gasteiger partial charge in [-0.3, -0.25) is 9.89 Å². The number of rotatable bonds is 9. The predicted molar refractivity (Wildman–Crippen MR) is 135 cm³/mol. The van der Waals surface area contributed by atoms with Crippen molar-refractivity contribution in [2.45, 2.75) is 12.5 Å². The molecule has 1 aliphatic heterocycles. The molecule has 1 saturated heterocycles. The number of benzene rings is 2. The van der Waals surface area contributed by atoms with Crippen LogP contribution in [0.5, 0.6) is 11.5 Å². The Morgan fingerprint density at radius 3 is 2.48 bits per heavy atom. The Balaban J connectivity index is 0.00000341. The Morgan fingerprint density at radius 2 is 1.81 bits per heavy atom. The van der Waals surface area contributed by atoms with Gasteiger partial charge in [-0.1, -0.05) is 36.4 Å². The summed E-state index contributed by atoms with van der Waals surface area (Å²) in [6.45, 7) is 4.46. The van der Waals surface area contributed by atoms with E-state index in [4.69, 9.17) is 19.9 Å². The Bertz CT molecular complexity index is 814. The van der Waals surface area contributed by atoms with Crippen molar-refractivity contribution in [1.29, 1.82) is 0 Å². The number of ether oxygens (including phenoxy) is 3. The third-order valence-corrected chi connectivity index (χ3v) is 5.28. The first-order chi connectivity index (χ1) is 14.7. The summed E-state index contributed by atoms with van der Waals surface area (Å²) in [6, 6.07) is 16.4. The fourth-order valence-corrected chi connectivity index (χ4v) is 3.60. The van der Waals surface area contributed by atoms with Gasteiger partial charge in [0.1, 0.15) is 0 Å². The summed E-state index contributed by atoms with van der Waals surface area (Å²) in [5.41, 5.74) is 8.54. The van der Waals surface area contributed by atoms with Gasteiger partial charge in [-0.2, -0.15) is 0 Å². The molecule has 0 radical (unpaired) electrons. The smallest absolute Gasteiger partial charge is 0.188 e. The summed E-state index contributed by atoms with van der Waals surface area (Å²) in [6.07, 6.45) is 0.902. The second kappa shape index (κ2) is 13.4. The first kappa shape index (κ1) is 25.2. The lowest BCUT2D eigenvalue weighted by molar-refractivity contribution is 0.0179. The number of morpholine rings is 1. The lowest BCUT2D eigenvalue weighted by atomic mass is 10.0. The molecule has 31 heavy (non-hydrogen) atoms. The van der Waals surface area contributed by atoms with Gasteiger partial charge in [0, 0.05) is 19.6 Å². The molecule has 0 aromatic heterocycles. The summed E-state index contributed by atoms with van der Waals surface area (Å²) < 4.78 is 16.4. The van der Waals surface area contributed by atoms with Gasteiger partial charge in [-0.05, 0) is 29.7 Å². The van der Waals surface area contributed by atoms with Crippen molar-refractivity contribution in [1.82, 2.24) is 10.2 Å². The Hall–Kier alpha value is -2.04.